The third-order valence-electron chi connectivity index (χ3n) is 3.36. The van der Waals surface area contributed by atoms with Crippen LogP contribution in [0.5, 0.6) is 0 Å². The van der Waals surface area contributed by atoms with Gasteiger partial charge in [-0.3, -0.25) is 4.79 Å². The summed E-state index contributed by atoms with van der Waals surface area (Å²) in [4.78, 5) is 10.9. The SMILES string of the molecule is CC(C(=O)O)c1ccc(-c2cccc(C(F)(F)F)c2)c(F)c1. The van der Waals surface area contributed by atoms with Crippen LogP contribution in [0.4, 0.5) is 17.6 Å². The molecule has 22 heavy (non-hydrogen) atoms. The normalized spacial score (nSPS) is 13.0. The van der Waals surface area contributed by atoms with E-state index >= 15 is 0 Å². The monoisotopic (exact) mass is 312 g/mol. The molecule has 0 radical (unpaired) electrons. The fourth-order valence-electron chi connectivity index (χ4n) is 2.04. The zero-order valence-electron chi connectivity index (χ0n) is 11.5. The standard InChI is InChI=1S/C16H12F4O2/c1-9(15(21)22)10-5-6-13(14(17)8-10)11-3-2-4-12(7-11)16(18,19)20/h2-9H,1H3,(H,21,22). The Morgan fingerprint density at radius 3 is 2.36 bits per heavy atom. The van der Waals surface area contributed by atoms with E-state index in [1.54, 1.807) is 0 Å². The van der Waals surface area contributed by atoms with Gasteiger partial charge in [0.05, 0.1) is 11.5 Å². The number of alkyl halides is 3. The molecule has 0 bridgehead atoms. The van der Waals surface area contributed by atoms with E-state index in [4.69, 9.17) is 5.11 Å². The molecule has 0 heterocycles. The first-order chi connectivity index (χ1) is 10.2. The van der Waals surface area contributed by atoms with E-state index in [1.807, 2.05) is 0 Å². The van der Waals surface area contributed by atoms with Crippen LogP contribution in [-0.2, 0) is 11.0 Å². The fourth-order valence-corrected chi connectivity index (χ4v) is 2.04. The molecule has 6 heteroatoms. The summed E-state index contributed by atoms with van der Waals surface area (Å²) >= 11 is 0. The van der Waals surface area contributed by atoms with Crippen LogP contribution in [0.3, 0.4) is 0 Å². The third kappa shape index (κ3) is 3.27. The van der Waals surface area contributed by atoms with E-state index in [2.05, 4.69) is 0 Å². The molecule has 0 aliphatic heterocycles. The lowest BCUT2D eigenvalue weighted by atomic mass is 9.96. The molecule has 0 spiro atoms. The van der Waals surface area contributed by atoms with Crippen LogP contribution in [0.25, 0.3) is 11.1 Å². The van der Waals surface area contributed by atoms with Crippen molar-refractivity contribution in [3.63, 3.8) is 0 Å². The van der Waals surface area contributed by atoms with E-state index in [0.717, 1.165) is 18.2 Å². The van der Waals surface area contributed by atoms with E-state index in [0.29, 0.717) is 0 Å². The predicted molar refractivity (Wildman–Crippen MR) is 72.9 cm³/mol. The minimum Gasteiger partial charge on any atom is -0.481 e. The highest BCUT2D eigenvalue weighted by Gasteiger charge is 2.30. The Bertz CT molecular complexity index is 708. The van der Waals surface area contributed by atoms with Crippen molar-refractivity contribution in [2.24, 2.45) is 0 Å². The van der Waals surface area contributed by atoms with Gasteiger partial charge in [-0.15, -0.1) is 0 Å². The predicted octanol–water partition coefficient (Wildman–Crippen LogP) is 4.70. The van der Waals surface area contributed by atoms with Crippen molar-refractivity contribution in [1.29, 1.82) is 0 Å². The number of carbonyl (C=O) groups is 1. The van der Waals surface area contributed by atoms with Gasteiger partial charge in [0.1, 0.15) is 5.82 Å². The Labute approximate surface area is 124 Å². The van der Waals surface area contributed by atoms with Gasteiger partial charge in [0, 0.05) is 5.56 Å². The van der Waals surface area contributed by atoms with Gasteiger partial charge in [-0.2, -0.15) is 13.2 Å². The highest BCUT2D eigenvalue weighted by atomic mass is 19.4. The smallest absolute Gasteiger partial charge is 0.416 e. The summed E-state index contributed by atoms with van der Waals surface area (Å²) in [6, 6.07) is 8.06. The highest BCUT2D eigenvalue weighted by molar-refractivity contribution is 5.76. The van der Waals surface area contributed by atoms with Crippen LogP contribution in [0.2, 0.25) is 0 Å². The summed E-state index contributed by atoms with van der Waals surface area (Å²) in [6.07, 6.45) is -4.51. The second-order valence-corrected chi connectivity index (χ2v) is 4.88. The van der Waals surface area contributed by atoms with Gasteiger partial charge in [-0.25, -0.2) is 4.39 Å². The van der Waals surface area contributed by atoms with Gasteiger partial charge in [-0.1, -0.05) is 24.3 Å². The number of rotatable bonds is 3. The first-order valence-corrected chi connectivity index (χ1v) is 6.40. The maximum absolute atomic E-state index is 14.1. The topological polar surface area (TPSA) is 37.3 Å². The number of aliphatic carboxylic acids is 1. The van der Waals surface area contributed by atoms with Crippen molar-refractivity contribution in [2.45, 2.75) is 19.0 Å². The molecular weight excluding hydrogens is 300 g/mol. The lowest BCUT2D eigenvalue weighted by Gasteiger charge is -2.11. The molecule has 2 rings (SSSR count). The first-order valence-electron chi connectivity index (χ1n) is 6.40. The molecule has 0 saturated heterocycles. The summed E-state index contributed by atoms with van der Waals surface area (Å²) in [5.41, 5.74) is -0.539. The highest BCUT2D eigenvalue weighted by Crippen LogP contribution is 2.33. The van der Waals surface area contributed by atoms with Crippen molar-refractivity contribution in [3.8, 4) is 11.1 Å². The minimum absolute atomic E-state index is 0.00700. The molecular formula is C16H12F4O2. The molecule has 0 amide bonds. The molecule has 0 aliphatic carbocycles. The zero-order chi connectivity index (χ0) is 16.5. The molecule has 2 aromatic carbocycles. The maximum Gasteiger partial charge on any atom is 0.416 e. The van der Waals surface area contributed by atoms with Crippen LogP contribution in [0.15, 0.2) is 42.5 Å². The van der Waals surface area contributed by atoms with E-state index in [9.17, 15) is 22.4 Å². The van der Waals surface area contributed by atoms with Crippen molar-refractivity contribution in [1.82, 2.24) is 0 Å². The summed E-state index contributed by atoms with van der Waals surface area (Å²) in [7, 11) is 0. The molecule has 0 saturated carbocycles. The van der Waals surface area contributed by atoms with Gasteiger partial charge >= 0.3 is 12.1 Å². The average molecular weight is 312 g/mol. The molecule has 1 N–H and O–H groups in total. The first kappa shape index (κ1) is 16.0. The molecule has 1 atom stereocenters. The summed E-state index contributed by atoms with van der Waals surface area (Å²) in [5, 5.41) is 8.89. The summed E-state index contributed by atoms with van der Waals surface area (Å²) in [6.45, 7) is 1.40. The van der Waals surface area contributed by atoms with Gasteiger partial charge in [0.15, 0.2) is 0 Å². The lowest BCUT2D eigenvalue weighted by molar-refractivity contribution is -0.138. The average Bonchev–Trinajstić information content (AvgIpc) is 2.45. The number of benzene rings is 2. The van der Waals surface area contributed by atoms with E-state index in [1.165, 1.54) is 31.2 Å². The lowest BCUT2D eigenvalue weighted by Crippen LogP contribution is -2.08. The third-order valence-corrected chi connectivity index (χ3v) is 3.36. The second-order valence-electron chi connectivity index (χ2n) is 4.88. The van der Waals surface area contributed by atoms with E-state index in [-0.39, 0.29) is 16.7 Å². The summed E-state index contributed by atoms with van der Waals surface area (Å²) in [5.74, 6) is -2.76. The Kier molecular flexibility index (Phi) is 4.21. The van der Waals surface area contributed by atoms with Gasteiger partial charge < -0.3 is 5.11 Å². The fraction of sp³-hybridized carbons (Fsp3) is 0.188. The van der Waals surface area contributed by atoms with Crippen molar-refractivity contribution >= 4 is 5.97 Å². The second kappa shape index (κ2) is 5.79. The van der Waals surface area contributed by atoms with Gasteiger partial charge in [0.25, 0.3) is 0 Å². The molecule has 0 aliphatic rings. The minimum atomic E-state index is -4.51. The maximum atomic E-state index is 14.1. The number of hydrogen-bond donors (Lipinski definition) is 1. The Hall–Kier alpha value is -2.37. The van der Waals surface area contributed by atoms with E-state index < -0.39 is 29.4 Å². The molecule has 2 nitrogen and oxygen atoms in total. The van der Waals surface area contributed by atoms with Crippen LogP contribution in [-0.4, -0.2) is 11.1 Å². The molecule has 2 aromatic rings. The Balaban J connectivity index is 2.44. The number of carboxylic acids is 1. The van der Waals surface area contributed by atoms with Crippen molar-refractivity contribution in [3.05, 3.63) is 59.4 Å². The van der Waals surface area contributed by atoms with Crippen molar-refractivity contribution < 1.29 is 27.5 Å². The van der Waals surface area contributed by atoms with Crippen LogP contribution in [0, 0.1) is 5.82 Å². The van der Waals surface area contributed by atoms with Crippen LogP contribution in [0.1, 0.15) is 24.0 Å². The molecule has 0 aromatic heterocycles. The Morgan fingerprint density at radius 1 is 1.14 bits per heavy atom. The summed E-state index contributed by atoms with van der Waals surface area (Å²) < 4.78 is 52.2. The molecule has 116 valence electrons. The number of hydrogen-bond acceptors (Lipinski definition) is 1. The number of carboxylic acid groups (broad SMARTS) is 1. The Morgan fingerprint density at radius 2 is 1.82 bits per heavy atom. The largest absolute Gasteiger partial charge is 0.481 e. The van der Waals surface area contributed by atoms with Gasteiger partial charge in [-0.05, 0) is 36.2 Å². The van der Waals surface area contributed by atoms with Gasteiger partial charge in [0.2, 0.25) is 0 Å². The number of halogens is 4. The molecule has 0 fully saturated rings. The zero-order valence-corrected chi connectivity index (χ0v) is 11.5. The van der Waals surface area contributed by atoms with Crippen LogP contribution < -0.4 is 0 Å². The molecule has 1 unspecified atom stereocenters. The van der Waals surface area contributed by atoms with Crippen molar-refractivity contribution in [2.75, 3.05) is 0 Å². The van der Waals surface area contributed by atoms with Crippen LogP contribution >= 0.6 is 0 Å². The quantitative estimate of drug-likeness (QED) is 0.834.